The van der Waals surface area contributed by atoms with Gasteiger partial charge >= 0.3 is 0 Å². The second kappa shape index (κ2) is 13.4. The maximum Gasteiger partial charge on any atom is 0.129 e. The van der Waals surface area contributed by atoms with Crippen LogP contribution in [0.4, 0.5) is 0 Å². The van der Waals surface area contributed by atoms with Gasteiger partial charge in [0.2, 0.25) is 0 Å². The topological polar surface area (TPSA) is 34.1 Å². The second-order valence-electron chi connectivity index (χ2n) is 5.15. The molecule has 0 atom stereocenters. The first-order chi connectivity index (χ1) is 7.90. The zero-order valence-electron chi connectivity index (χ0n) is 12.3. The first kappa shape index (κ1) is 18.7. The molecule has 17 heavy (non-hydrogen) atoms. The number of hydrogen-bond donors (Lipinski definition) is 0. The standard InChI is InChI=1S/C8H16O.C7H14O/c1-3-4-5-6-7-8(2)9;1-6(2)4-5-7(3)8/h3-7H2,1-2H3;6H,4-5H2,1-3H3. The smallest absolute Gasteiger partial charge is 0.129 e. The van der Waals surface area contributed by atoms with Gasteiger partial charge < -0.3 is 9.59 Å². The minimum atomic E-state index is 0.304. The van der Waals surface area contributed by atoms with Crippen LogP contribution in [0.5, 0.6) is 0 Å². The molecule has 0 aliphatic heterocycles. The lowest BCUT2D eigenvalue weighted by molar-refractivity contribution is -0.118. The number of Topliss-reactive ketones (excluding diaryl/α,β-unsaturated/α-hetero) is 2. The van der Waals surface area contributed by atoms with E-state index in [9.17, 15) is 9.59 Å². The lowest BCUT2D eigenvalue weighted by Gasteiger charge is -1.98. The molecule has 2 nitrogen and oxygen atoms in total. The van der Waals surface area contributed by atoms with E-state index in [0.717, 1.165) is 25.7 Å². The minimum Gasteiger partial charge on any atom is -0.300 e. The van der Waals surface area contributed by atoms with Gasteiger partial charge in [-0.15, -0.1) is 0 Å². The van der Waals surface area contributed by atoms with E-state index in [1.807, 2.05) is 0 Å². The van der Waals surface area contributed by atoms with Gasteiger partial charge in [0.05, 0.1) is 0 Å². The van der Waals surface area contributed by atoms with Crippen molar-refractivity contribution in [3.63, 3.8) is 0 Å². The first-order valence-corrected chi connectivity index (χ1v) is 6.89. The van der Waals surface area contributed by atoms with Gasteiger partial charge in [-0.1, -0.05) is 40.0 Å². The molecule has 2 heteroatoms. The highest BCUT2D eigenvalue weighted by atomic mass is 16.1. The third-order valence-corrected chi connectivity index (χ3v) is 2.46. The van der Waals surface area contributed by atoms with Crippen molar-refractivity contribution in [3.8, 4) is 0 Å². The average molecular weight is 242 g/mol. The molecule has 0 rings (SSSR count). The highest BCUT2D eigenvalue weighted by molar-refractivity contribution is 5.75. The molecule has 0 aromatic rings. The van der Waals surface area contributed by atoms with Gasteiger partial charge in [0.1, 0.15) is 11.6 Å². The summed E-state index contributed by atoms with van der Waals surface area (Å²) in [6, 6.07) is 0. The molecule has 0 amide bonds. The average Bonchev–Trinajstić information content (AvgIpc) is 2.22. The van der Waals surface area contributed by atoms with Crippen molar-refractivity contribution in [1.29, 1.82) is 0 Å². The molecule has 0 saturated carbocycles. The van der Waals surface area contributed by atoms with E-state index in [2.05, 4.69) is 20.8 Å². The maximum atomic E-state index is 10.4. The Labute approximate surface area is 107 Å². The summed E-state index contributed by atoms with van der Waals surface area (Å²) in [4.78, 5) is 20.8. The van der Waals surface area contributed by atoms with E-state index in [4.69, 9.17) is 0 Å². The quantitative estimate of drug-likeness (QED) is 0.585. The summed E-state index contributed by atoms with van der Waals surface area (Å²) in [5.41, 5.74) is 0. The fourth-order valence-corrected chi connectivity index (χ4v) is 1.29. The van der Waals surface area contributed by atoms with Crippen LogP contribution in [0.1, 0.15) is 79.6 Å². The lowest BCUT2D eigenvalue weighted by Crippen LogP contribution is -1.93. The molecule has 0 heterocycles. The molecule has 0 fully saturated rings. The Balaban J connectivity index is 0. The number of carbonyl (C=O) groups excluding carboxylic acids is 2. The molecular formula is C15H30O2. The van der Waals surface area contributed by atoms with E-state index >= 15 is 0 Å². The van der Waals surface area contributed by atoms with Crippen LogP contribution >= 0.6 is 0 Å². The Hall–Kier alpha value is -0.660. The Morgan fingerprint density at radius 1 is 0.882 bits per heavy atom. The molecule has 0 bridgehead atoms. The van der Waals surface area contributed by atoms with Crippen molar-refractivity contribution in [2.45, 2.75) is 79.6 Å². The third-order valence-electron chi connectivity index (χ3n) is 2.46. The Morgan fingerprint density at radius 2 is 1.41 bits per heavy atom. The van der Waals surface area contributed by atoms with Gasteiger partial charge in [0, 0.05) is 12.8 Å². The summed E-state index contributed by atoms with van der Waals surface area (Å²) < 4.78 is 0. The van der Waals surface area contributed by atoms with Crippen LogP contribution < -0.4 is 0 Å². The Bertz CT molecular complexity index is 195. The number of rotatable bonds is 8. The summed E-state index contributed by atoms with van der Waals surface area (Å²) in [7, 11) is 0. The molecule has 102 valence electrons. The number of ketones is 2. The fraction of sp³-hybridized carbons (Fsp3) is 0.867. The zero-order valence-corrected chi connectivity index (χ0v) is 12.3. The summed E-state index contributed by atoms with van der Waals surface area (Å²) >= 11 is 0. The van der Waals surface area contributed by atoms with E-state index in [-0.39, 0.29) is 0 Å². The summed E-state index contributed by atoms with van der Waals surface area (Å²) in [6.45, 7) is 9.73. The van der Waals surface area contributed by atoms with Crippen LogP contribution in [0.2, 0.25) is 0 Å². The van der Waals surface area contributed by atoms with E-state index in [1.165, 1.54) is 19.3 Å². The van der Waals surface area contributed by atoms with Crippen LogP contribution in [0, 0.1) is 5.92 Å². The van der Waals surface area contributed by atoms with Gasteiger partial charge in [0.25, 0.3) is 0 Å². The largest absolute Gasteiger partial charge is 0.300 e. The number of carbonyl (C=O) groups is 2. The molecule has 0 radical (unpaired) electrons. The van der Waals surface area contributed by atoms with Gasteiger partial charge in [-0.25, -0.2) is 0 Å². The van der Waals surface area contributed by atoms with Crippen molar-refractivity contribution in [1.82, 2.24) is 0 Å². The molecule has 0 aromatic carbocycles. The molecule has 0 aliphatic rings. The van der Waals surface area contributed by atoms with Gasteiger partial charge in [0.15, 0.2) is 0 Å². The molecular weight excluding hydrogens is 212 g/mol. The van der Waals surface area contributed by atoms with Gasteiger partial charge in [-0.2, -0.15) is 0 Å². The fourth-order valence-electron chi connectivity index (χ4n) is 1.29. The van der Waals surface area contributed by atoms with Gasteiger partial charge in [-0.3, -0.25) is 0 Å². The molecule has 0 aliphatic carbocycles. The molecule has 0 spiro atoms. The Kier molecular flexibility index (Phi) is 14.7. The van der Waals surface area contributed by atoms with Crippen LogP contribution in [0.15, 0.2) is 0 Å². The minimum absolute atomic E-state index is 0.304. The van der Waals surface area contributed by atoms with Crippen molar-refractivity contribution in [2.24, 2.45) is 5.92 Å². The van der Waals surface area contributed by atoms with Gasteiger partial charge in [-0.05, 0) is 32.6 Å². The van der Waals surface area contributed by atoms with E-state index < -0.39 is 0 Å². The van der Waals surface area contributed by atoms with Crippen LogP contribution in [0.3, 0.4) is 0 Å². The lowest BCUT2D eigenvalue weighted by atomic mass is 10.1. The monoisotopic (exact) mass is 242 g/mol. The second-order valence-corrected chi connectivity index (χ2v) is 5.15. The zero-order chi connectivity index (χ0) is 13.7. The third kappa shape index (κ3) is 25.5. The van der Waals surface area contributed by atoms with Crippen LogP contribution in [-0.4, -0.2) is 11.6 Å². The van der Waals surface area contributed by atoms with E-state index in [0.29, 0.717) is 17.5 Å². The Morgan fingerprint density at radius 3 is 1.71 bits per heavy atom. The van der Waals surface area contributed by atoms with Crippen molar-refractivity contribution in [3.05, 3.63) is 0 Å². The highest BCUT2D eigenvalue weighted by Gasteiger charge is 1.95. The number of hydrogen-bond acceptors (Lipinski definition) is 2. The molecule has 0 aromatic heterocycles. The molecule has 0 N–H and O–H groups in total. The number of unbranched alkanes of at least 4 members (excludes halogenated alkanes) is 3. The normalized spacial score (nSPS) is 9.76. The highest BCUT2D eigenvalue weighted by Crippen LogP contribution is 2.02. The first-order valence-electron chi connectivity index (χ1n) is 6.89. The molecule has 0 unspecified atom stereocenters. The SMILES string of the molecule is CC(=O)CCC(C)C.CCCCCCC(C)=O. The van der Waals surface area contributed by atoms with Crippen LogP contribution in [-0.2, 0) is 9.59 Å². The summed E-state index contributed by atoms with van der Waals surface area (Å²) in [6.07, 6.45) is 7.39. The maximum absolute atomic E-state index is 10.4. The molecule has 0 saturated heterocycles. The predicted molar refractivity (Wildman–Crippen MR) is 74.2 cm³/mol. The van der Waals surface area contributed by atoms with Crippen LogP contribution in [0.25, 0.3) is 0 Å². The predicted octanol–water partition coefficient (Wildman–Crippen LogP) is 4.56. The van der Waals surface area contributed by atoms with Crippen molar-refractivity contribution >= 4 is 11.6 Å². The summed E-state index contributed by atoms with van der Waals surface area (Å²) in [5, 5.41) is 0. The van der Waals surface area contributed by atoms with Crippen molar-refractivity contribution in [2.75, 3.05) is 0 Å². The summed E-state index contributed by atoms with van der Waals surface area (Å²) in [5.74, 6) is 1.30. The van der Waals surface area contributed by atoms with E-state index in [1.54, 1.807) is 13.8 Å². The van der Waals surface area contributed by atoms with Crippen molar-refractivity contribution < 1.29 is 9.59 Å².